The Labute approximate surface area is 106 Å². The SMILES string of the molecule is Cc1ccc2c(c1)CCCN2c1nc(CN)co1. The number of oxazole rings is 1. The van der Waals surface area contributed by atoms with E-state index in [4.69, 9.17) is 10.2 Å². The molecule has 2 heterocycles. The summed E-state index contributed by atoms with van der Waals surface area (Å²) >= 11 is 0. The van der Waals surface area contributed by atoms with Gasteiger partial charge in [0.1, 0.15) is 6.26 Å². The molecule has 4 nitrogen and oxygen atoms in total. The second-order valence-corrected chi connectivity index (χ2v) is 4.71. The van der Waals surface area contributed by atoms with Gasteiger partial charge in [0.05, 0.1) is 5.69 Å². The molecule has 18 heavy (non-hydrogen) atoms. The molecule has 1 aliphatic heterocycles. The van der Waals surface area contributed by atoms with Crippen LogP contribution >= 0.6 is 0 Å². The molecule has 2 N–H and O–H groups in total. The van der Waals surface area contributed by atoms with E-state index in [-0.39, 0.29) is 0 Å². The summed E-state index contributed by atoms with van der Waals surface area (Å²) in [7, 11) is 0. The lowest BCUT2D eigenvalue weighted by atomic mass is 10.00. The maximum absolute atomic E-state index is 5.57. The van der Waals surface area contributed by atoms with Crippen molar-refractivity contribution >= 4 is 11.7 Å². The van der Waals surface area contributed by atoms with Gasteiger partial charge in [-0.2, -0.15) is 4.98 Å². The van der Waals surface area contributed by atoms with Crippen molar-refractivity contribution in [3.63, 3.8) is 0 Å². The van der Waals surface area contributed by atoms with Crippen LogP contribution in [0.1, 0.15) is 23.2 Å². The zero-order chi connectivity index (χ0) is 12.5. The van der Waals surface area contributed by atoms with Crippen LogP contribution in [0.25, 0.3) is 0 Å². The van der Waals surface area contributed by atoms with Gasteiger partial charge >= 0.3 is 6.01 Å². The molecule has 2 aromatic rings. The second kappa shape index (κ2) is 4.46. The Hall–Kier alpha value is -1.81. The fourth-order valence-electron chi connectivity index (χ4n) is 2.44. The van der Waals surface area contributed by atoms with Crippen LogP contribution in [0.5, 0.6) is 0 Å². The zero-order valence-electron chi connectivity index (χ0n) is 10.5. The summed E-state index contributed by atoms with van der Waals surface area (Å²) in [4.78, 5) is 6.54. The maximum Gasteiger partial charge on any atom is 0.302 e. The highest BCUT2D eigenvalue weighted by Gasteiger charge is 2.21. The number of aryl methyl sites for hydroxylation is 2. The lowest BCUT2D eigenvalue weighted by molar-refractivity contribution is 0.544. The van der Waals surface area contributed by atoms with Crippen molar-refractivity contribution in [1.82, 2.24) is 4.98 Å². The van der Waals surface area contributed by atoms with Crippen LogP contribution < -0.4 is 10.6 Å². The number of hydrogen-bond acceptors (Lipinski definition) is 4. The molecule has 0 spiro atoms. The van der Waals surface area contributed by atoms with Gasteiger partial charge in [-0.25, -0.2) is 0 Å². The molecule has 0 bridgehead atoms. The van der Waals surface area contributed by atoms with Crippen LogP contribution in [0.2, 0.25) is 0 Å². The van der Waals surface area contributed by atoms with Crippen LogP contribution in [0.3, 0.4) is 0 Å². The van der Waals surface area contributed by atoms with Crippen LogP contribution in [-0.2, 0) is 13.0 Å². The largest absolute Gasteiger partial charge is 0.431 e. The van der Waals surface area contributed by atoms with Crippen LogP contribution in [0, 0.1) is 6.92 Å². The van der Waals surface area contributed by atoms with E-state index >= 15 is 0 Å². The predicted molar refractivity (Wildman–Crippen MR) is 70.9 cm³/mol. The van der Waals surface area contributed by atoms with Gasteiger partial charge in [-0.15, -0.1) is 0 Å². The van der Waals surface area contributed by atoms with Gasteiger partial charge in [0, 0.05) is 18.8 Å². The minimum Gasteiger partial charge on any atom is -0.431 e. The van der Waals surface area contributed by atoms with Crippen LogP contribution in [0.4, 0.5) is 11.7 Å². The van der Waals surface area contributed by atoms with Gasteiger partial charge in [-0.3, -0.25) is 4.90 Å². The van der Waals surface area contributed by atoms with Crippen LogP contribution in [-0.4, -0.2) is 11.5 Å². The zero-order valence-corrected chi connectivity index (χ0v) is 10.5. The van der Waals surface area contributed by atoms with Gasteiger partial charge in [0.25, 0.3) is 0 Å². The molecule has 0 saturated carbocycles. The molecule has 1 aromatic carbocycles. The first kappa shape index (κ1) is 11.3. The van der Waals surface area contributed by atoms with E-state index in [1.165, 1.54) is 16.8 Å². The fraction of sp³-hybridized carbons (Fsp3) is 0.357. The summed E-state index contributed by atoms with van der Waals surface area (Å²) in [6.45, 7) is 3.48. The van der Waals surface area contributed by atoms with E-state index in [9.17, 15) is 0 Å². The molecule has 0 amide bonds. The fourth-order valence-corrected chi connectivity index (χ4v) is 2.44. The van der Waals surface area contributed by atoms with Crippen molar-refractivity contribution in [2.75, 3.05) is 11.4 Å². The molecule has 94 valence electrons. The van der Waals surface area contributed by atoms with E-state index in [2.05, 4.69) is 35.0 Å². The first-order valence-electron chi connectivity index (χ1n) is 6.29. The highest BCUT2D eigenvalue weighted by atomic mass is 16.4. The van der Waals surface area contributed by atoms with Gasteiger partial charge in [0.2, 0.25) is 0 Å². The molecule has 0 saturated heterocycles. The van der Waals surface area contributed by atoms with E-state index in [1.807, 2.05) is 0 Å². The summed E-state index contributed by atoms with van der Waals surface area (Å²) in [5.41, 5.74) is 10.2. The summed E-state index contributed by atoms with van der Waals surface area (Å²) in [5.74, 6) is 0. The molecule has 4 heteroatoms. The standard InChI is InChI=1S/C14H17N3O/c1-10-4-5-13-11(7-10)3-2-6-17(13)14-16-12(8-15)9-18-14/h4-5,7,9H,2-3,6,8,15H2,1H3. The van der Waals surface area contributed by atoms with E-state index in [0.29, 0.717) is 12.6 Å². The molecule has 0 aliphatic carbocycles. The number of anilines is 2. The Balaban J connectivity index is 2.00. The van der Waals surface area contributed by atoms with Gasteiger partial charge in [-0.1, -0.05) is 17.7 Å². The second-order valence-electron chi connectivity index (χ2n) is 4.71. The van der Waals surface area contributed by atoms with E-state index in [0.717, 1.165) is 25.1 Å². The third kappa shape index (κ3) is 1.88. The molecular weight excluding hydrogens is 226 g/mol. The number of nitrogens with two attached hydrogens (primary N) is 1. The molecule has 0 atom stereocenters. The van der Waals surface area contributed by atoms with E-state index in [1.54, 1.807) is 6.26 Å². The Kier molecular flexibility index (Phi) is 2.80. The van der Waals surface area contributed by atoms with Gasteiger partial charge < -0.3 is 10.2 Å². The Morgan fingerprint density at radius 1 is 1.44 bits per heavy atom. The quantitative estimate of drug-likeness (QED) is 0.880. The van der Waals surface area contributed by atoms with Crippen molar-refractivity contribution in [2.45, 2.75) is 26.3 Å². The third-order valence-electron chi connectivity index (χ3n) is 3.33. The summed E-state index contributed by atoms with van der Waals surface area (Å²) < 4.78 is 5.52. The number of aromatic nitrogens is 1. The van der Waals surface area contributed by atoms with Crippen molar-refractivity contribution in [1.29, 1.82) is 0 Å². The molecule has 1 aliphatic rings. The van der Waals surface area contributed by atoms with E-state index < -0.39 is 0 Å². The van der Waals surface area contributed by atoms with Crippen molar-refractivity contribution in [3.05, 3.63) is 41.3 Å². The Morgan fingerprint density at radius 3 is 3.11 bits per heavy atom. The summed E-state index contributed by atoms with van der Waals surface area (Å²) in [6, 6.07) is 7.18. The highest BCUT2D eigenvalue weighted by molar-refractivity contribution is 5.63. The smallest absolute Gasteiger partial charge is 0.302 e. The predicted octanol–water partition coefficient (Wildman–Crippen LogP) is 2.53. The summed E-state index contributed by atoms with van der Waals surface area (Å²) in [5, 5.41) is 0. The average molecular weight is 243 g/mol. The molecular formula is C14H17N3O. The number of fused-ring (bicyclic) bond motifs is 1. The van der Waals surface area contributed by atoms with Gasteiger partial charge in [0.15, 0.2) is 0 Å². The minimum atomic E-state index is 0.415. The monoisotopic (exact) mass is 243 g/mol. The molecule has 0 fully saturated rings. The minimum absolute atomic E-state index is 0.415. The van der Waals surface area contributed by atoms with Crippen molar-refractivity contribution < 1.29 is 4.42 Å². The maximum atomic E-state index is 5.57. The lowest BCUT2D eigenvalue weighted by Gasteiger charge is -2.28. The molecule has 0 radical (unpaired) electrons. The topological polar surface area (TPSA) is 55.3 Å². The average Bonchev–Trinajstić information content (AvgIpc) is 2.86. The third-order valence-corrected chi connectivity index (χ3v) is 3.33. The Morgan fingerprint density at radius 2 is 2.33 bits per heavy atom. The number of benzene rings is 1. The lowest BCUT2D eigenvalue weighted by Crippen LogP contribution is -2.24. The Bertz CT molecular complexity index is 562. The molecule has 0 unspecified atom stereocenters. The number of nitrogens with zero attached hydrogens (tertiary/aromatic N) is 2. The normalized spacial score (nSPS) is 14.7. The van der Waals surface area contributed by atoms with Crippen LogP contribution in [0.15, 0.2) is 28.9 Å². The van der Waals surface area contributed by atoms with Crippen molar-refractivity contribution in [2.24, 2.45) is 5.73 Å². The number of hydrogen-bond donors (Lipinski definition) is 1. The first-order valence-corrected chi connectivity index (χ1v) is 6.29. The van der Waals surface area contributed by atoms with Crippen molar-refractivity contribution in [3.8, 4) is 0 Å². The van der Waals surface area contributed by atoms with Gasteiger partial charge in [-0.05, 0) is 31.4 Å². The number of rotatable bonds is 2. The highest BCUT2D eigenvalue weighted by Crippen LogP contribution is 2.33. The molecule has 3 rings (SSSR count). The first-order chi connectivity index (χ1) is 8.78. The summed E-state index contributed by atoms with van der Waals surface area (Å²) in [6.07, 6.45) is 3.88. The molecule has 1 aromatic heterocycles.